The fraction of sp³-hybridized carbons (Fsp3) is 0.556. The van der Waals surface area contributed by atoms with Gasteiger partial charge in [0.05, 0.1) is 6.61 Å². The summed E-state index contributed by atoms with van der Waals surface area (Å²) in [6.07, 6.45) is 2.47. The standard InChI is InChI=1S/C18H26N4O4/c1-4-26-18(25)22-9-6-14(7-10-22)21-16(23)13-5-8-19-15(11-13)17(24)20-12(2)3/h5,8,11-12,14H,4,6-7,9-10H2,1-3H3,(H,20,24)(H,21,23). The number of pyridine rings is 1. The van der Waals surface area contributed by atoms with Crippen LogP contribution in [-0.4, -0.2) is 59.6 Å². The van der Waals surface area contributed by atoms with Crippen LogP contribution in [0.4, 0.5) is 4.79 Å². The summed E-state index contributed by atoms with van der Waals surface area (Å²) < 4.78 is 4.98. The van der Waals surface area contributed by atoms with Crippen molar-refractivity contribution in [2.24, 2.45) is 0 Å². The zero-order valence-corrected chi connectivity index (χ0v) is 15.4. The molecule has 1 saturated heterocycles. The summed E-state index contributed by atoms with van der Waals surface area (Å²) in [6.45, 7) is 6.93. The molecular formula is C18H26N4O4. The summed E-state index contributed by atoms with van der Waals surface area (Å²) in [6, 6.07) is 3.04. The number of likely N-dealkylation sites (tertiary alicyclic amines) is 1. The largest absolute Gasteiger partial charge is 0.450 e. The van der Waals surface area contributed by atoms with Gasteiger partial charge in [-0.3, -0.25) is 14.6 Å². The van der Waals surface area contributed by atoms with E-state index < -0.39 is 0 Å². The second-order valence-corrected chi connectivity index (χ2v) is 6.49. The van der Waals surface area contributed by atoms with Gasteiger partial charge in [0.2, 0.25) is 0 Å². The van der Waals surface area contributed by atoms with Gasteiger partial charge in [-0.25, -0.2) is 4.79 Å². The predicted octanol–water partition coefficient (Wildman–Crippen LogP) is 1.57. The molecule has 0 aliphatic carbocycles. The van der Waals surface area contributed by atoms with Crippen LogP contribution in [0.15, 0.2) is 18.3 Å². The number of amides is 3. The molecule has 1 aromatic rings. The fourth-order valence-electron chi connectivity index (χ4n) is 2.72. The number of piperidine rings is 1. The van der Waals surface area contributed by atoms with Crippen molar-refractivity contribution in [3.63, 3.8) is 0 Å². The number of nitrogens with one attached hydrogen (secondary N) is 2. The molecule has 2 rings (SSSR count). The highest BCUT2D eigenvalue weighted by molar-refractivity contribution is 5.98. The number of rotatable bonds is 5. The number of carbonyl (C=O) groups excluding carboxylic acids is 3. The first-order valence-electron chi connectivity index (χ1n) is 8.90. The number of ether oxygens (including phenoxy) is 1. The number of hydrogen-bond acceptors (Lipinski definition) is 5. The van der Waals surface area contributed by atoms with Gasteiger partial charge in [-0.05, 0) is 45.7 Å². The topological polar surface area (TPSA) is 101 Å². The zero-order valence-electron chi connectivity index (χ0n) is 15.4. The molecule has 0 atom stereocenters. The van der Waals surface area contributed by atoms with E-state index in [4.69, 9.17) is 4.74 Å². The van der Waals surface area contributed by atoms with E-state index in [1.165, 1.54) is 12.3 Å². The van der Waals surface area contributed by atoms with Crippen molar-refractivity contribution < 1.29 is 19.1 Å². The highest BCUT2D eigenvalue weighted by atomic mass is 16.6. The average molecular weight is 362 g/mol. The van der Waals surface area contributed by atoms with Crippen molar-refractivity contribution in [1.82, 2.24) is 20.5 Å². The third-order valence-electron chi connectivity index (χ3n) is 4.03. The third kappa shape index (κ3) is 5.44. The van der Waals surface area contributed by atoms with Crippen LogP contribution in [0.25, 0.3) is 0 Å². The van der Waals surface area contributed by atoms with Crippen LogP contribution < -0.4 is 10.6 Å². The summed E-state index contributed by atoms with van der Waals surface area (Å²) in [7, 11) is 0. The third-order valence-corrected chi connectivity index (χ3v) is 4.03. The average Bonchev–Trinajstić information content (AvgIpc) is 2.62. The Morgan fingerprint density at radius 2 is 1.96 bits per heavy atom. The molecule has 0 radical (unpaired) electrons. The number of carbonyl (C=O) groups is 3. The minimum absolute atomic E-state index is 0.00799. The first kappa shape index (κ1) is 19.7. The van der Waals surface area contributed by atoms with Gasteiger partial charge in [0, 0.05) is 36.9 Å². The van der Waals surface area contributed by atoms with Gasteiger partial charge in [0.1, 0.15) is 5.69 Å². The number of nitrogens with zero attached hydrogens (tertiary/aromatic N) is 2. The molecule has 0 spiro atoms. The summed E-state index contributed by atoms with van der Waals surface area (Å²) in [5.74, 6) is -0.557. The van der Waals surface area contributed by atoms with Crippen LogP contribution in [0.3, 0.4) is 0 Å². The van der Waals surface area contributed by atoms with E-state index in [1.807, 2.05) is 13.8 Å². The summed E-state index contributed by atoms with van der Waals surface area (Å²) in [5, 5.41) is 5.71. The fourth-order valence-corrected chi connectivity index (χ4v) is 2.72. The highest BCUT2D eigenvalue weighted by Gasteiger charge is 2.25. The SMILES string of the molecule is CCOC(=O)N1CCC(NC(=O)c2ccnc(C(=O)NC(C)C)c2)CC1. The molecule has 2 heterocycles. The van der Waals surface area contributed by atoms with Gasteiger partial charge in [-0.15, -0.1) is 0 Å². The first-order chi connectivity index (χ1) is 12.4. The van der Waals surface area contributed by atoms with E-state index in [0.717, 1.165) is 0 Å². The molecule has 3 amide bonds. The number of aromatic nitrogens is 1. The Morgan fingerprint density at radius 1 is 1.27 bits per heavy atom. The van der Waals surface area contributed by atoms with Crippen molar-refractivity contribution in [3.8, 4) is 0 Å². The molecule has 0 aromatic carbocycles. The lowest BCUT2D eigenvalue weighted by atomic mass is 10.0. The van der Waals surface area contributed by atoms with Gasteiger partial charge in [0.15, 0.2) is 0 Å². The quantitative estimate of drug-likeness (QED) is 0.828. The molecule has 26 heavy (non-hydrogen) atoms. The molecule has 1 aliphatic rings. The Labute approximate surface area is 153 Å². The smallest absolute Gasteiger partial charge is 0.409 e. The van der Waals surface area contributed by atoms with Crippen molar-refractivity contribution in [2.75, 3.05) is 19.7 Å². The molecule has 0 saturated carbocycles. The van der Waals surface area contributed by atoms with Gasteiger partial charge < -0.3 is 20.3 Å². The monoisotopic (exact) mass is 362 g/mol. The molecule has 1 aliphatic heterocycles. The van der Waals surface area contributed by atoms with Gasteiger partial charge in [-0.2, -0.15) is 0 Å². The van der Waals surface area contributed by atoms with E-state index in [-0.39, 0.29) is 35.7 Å². The van der Waals surface area contributed by atoms with Crippen LogP contribution in [-0.2, 0) is 4.74 Å². The van der Waals surface area contributed by atoms with Crippen molar-refractivity contribution >= 4 is 17.9 Å². The maximum Gasteiger partial charge on any atom is 0.409 e. The zero-order chi connectivity index (χ0) is 19.1. The predicted molar refractivity (Wildman–Crippen MR) is 95.9 cm³/mol. The lowest BCUT2D eigenvalue weighted by molar-refractivity contribution is 0.0859. The second-order valence-electron chi connectivity index (χ2n) is 6.49. The molecule has 1 fully saturated rings. The summed E-state index contributed by atoms with van der Waals surface area (Å²) >= 11 is 0. The van der Waals surface area contributed by atoms with Gasteiger partial charge in [-0.1, -0.05) is 0 Å². The normalized spacial score (nSPS) is 14.8. The molecule has 0 unspecified atom stereocenters. The van der Waals surface area contributed by atoms with Gasteiger partial charge >= 0.3 is 6.09 Å². The molecule has 2 N–H and O–H groups in total. The minimum atomic E-state index is -0.313. The van der Waals surface area contributed by atoms with E-state index in [9.17, 15) is 14.4 Å². The van der Waals surface area contributed by atoms with Gasteiger partial charge in [0.25, 0.3) is 11.8 Å². The van der Waals surface area contributed by atoms with E-state index in [1.54, 1.807) is 17.9 Å². The van der Waals surface area contributed by atoms with Crippen LogP contribution in [0, 0.1) is 0 Å². The van der Waals surface area contributed by atoms with Crippen LogP contribution >= 0.6 is 0 Å². The Bertz CT molecular complexity index is 654. The van der Waals surface area contributed by atoms with Crippen molar-refractivity contribution in [3.05, 3.63) is 29.6 Å². The van der Waals surface area contributed by atoms with Crippen LogP contribution in [0.5, 0.6) is 0 Å². The van der Waals surface area contributed by atoms with Crippen LogP contribution in [0.1, 0.15) is 54.5 Å². The Balaban J connectivity index is 1.90. The molecule has 142 valence electrons. The second kappa shape index (κ2) is 9.17. The molecule has 1 aromatic heterocycles. The van der Waals surface area contributed by atoms with Crippen molar-refractivity contribution in [2.45, 2.75) is 45.7 Å². The summed E-state index contributed by atoms with van der Waals surface area (Å²) in [5.41, 5.74) is 0.602. The molecule has 8 heteroatoms. The maximum absolute atomic E-state index is 12.5. The molecule has 0 bridgehead atoms. The molecular weight excluding hydrogens is 336 g/mol. The molecule has 8 nitrogen and oxygen atoms in total. The Kier molecular flexibility index (Phi) is 6.94. The van der Waals surface area contributed by atoms with E-state index in [2.05, 4.69) is 15.6 Å². The van der Waals surface area contributed by atoms with E-state index in [0.29, 0.717) is 38.1 Å². The highest BCUT2D eigenvalue weighted by Crippen LogP contribution is 2.13. The Morgan fingerprint density at radius 3 is 2.58 bits per heavy atom. The number of hydrogen-bond donors (Lipinski definition) is 2. The maximum atomic E-state index is 12.5. The summed E-state index contributed by atoms with van der Waals surface area (Å²) in [4.78, 5) is 41.8. The van der Waals surface area contributed by atoms with Crippen LogP contribution in [0.2, 0.25) is 0 Å². The van der Waals surface area contributed by atoms with Crippen molar-refractivity contribution in [1.29, 1.82) is 0 Å². The first-order valence-corrected chi connectivity index (χ1v) is 8.90. The van der Waals surface area contributed by atoms with E-state index >= 15 is 0 Å². The lowest BCUT2D eigenvalue weighted by Gasteiger charge is -2.31. The lowest BCUT2D eigenvalue weighted by Crippen LogP contribution is -2.46. The Hall–Kier alpha value is -2.64. The minimum Gasteiger partial charge on any atom is -0.450 e.